The third-order valence-corrected chi connectivity index (χ3v) is 8.07. The first-order valence-corrected chi connectivity index (χ1v) is 13.6. The molecule has 8 heteroatoms. The number of amides is 2. The molecule has 0 spiro atoms. The van der Waals surface area contributed by atoms with Gasteiger partial charge in [0.1, 0.15) is 0 Å². The fourth-order valence-electron chi connectivity index (χ4n) is 5.34. The van der Waals surface area contributed by atoms with Gasteiger partial charge in [0.05, 0.1) is 11.0 Å². The number of carbonyl (C=O) groups excluding carboxylic acids is 2. The van der Waals surface area contributed by atoms with E-state index >= 15 is 0 Å². The number of rotatable bonds is 7. The second-order valence-electron chi connectivity index (χ2n) is 9.94. The van der Waals surface area contributed by atoms with Crippen molar-refractivity contribution < 1.29 is 9.59 Å². The third-order valence-electron chi connectivity index (χ3n) is 7.32. The van der Waals surface area contributed by atoms with Gasteiger partial charge in [-0.15, -0.1) is 0 Å². The Morgan fingerprint density at radius 3 is 2.44 bits per heavy atom. The summed E-state index contributed by atoms with van der Waals surface area (Å²) in [7, 11) is 0. The Balaban J connectivity index is 1.22. The van der Waals surface area contributed by atoms with Crippen LogP contribution in [0.1, 0.15) is 69.8 Å². The lowest BCUT2D eigenvalue weighted by Crippen LogP contribution is -2.35. The molecule has 0 bridgehead atoms. The number of nitrogens with one attached hydrogen (secondary N) is 3. The summed E-state index contributed by atoms with van der Waals surface area (Å²) in [6.07, 6.45) is 10.7. The summed E-state index contributed by atoms with van der Waals surface area (Å²) in [4.78, 5) is 29.4. The van der Waals surface area contributed by atoms with E-state index in [0.717, 1.165) is 43.5 Å². The minimum absolute atomic E-state index is 0.0191. The molecule has 7 nitrogen and oxygen atoms in total. The minimum Gasteiger partial charge on any atom is -0.312 e. The molecule has 2 saturated heterocycles. The summed E-state index contributed by atoms with van der Waals surface area (Å²) >= 11 is 1.02. The number of hydrogen-bond donors (Lipinski definition) is 3. The van der Waals surface area contributed by atoms with Crippen molar-refractivity contribution in [2.75, 3.05) is 24.5 Å². The predicted molar refractivity (Wildman–Crippen MR) is 138 cm³/mol. The molecule has 0 aromatic heterocycles. The lowest BCUT2D eigenvalue weighted by molar-refractivity contribution is -0.125. The molecular weight excluding hydrogens is 446 g/mol. The van der Waals surface area contributed by atoms with E-state index in [4.69, 9.17) is 10.8 Å². The van der Waals surface area contributed by atoms with Crippen LogP contribution < -0.4 is 10.2 Å². The number of piperidine rings is 1. The van der Waals surface area contributed by atoms with E-state index in [2.05, 4.69) is 22.3 Å². The summed E-state index contributed by atoms with van der Waals surface area (Å²) in [5.41, 5.74) is 2.06. The van der Waals surface area contributed by atoms with E-state index < -0.39 is 5.92 Å². The second-order valence-corrected chi connectivity index (χ2v) is 11.0. The fraction of sp³-hybridized carbons (Fsp3) is 0.615. The number of thioether (sulfide) groups is 1. The van der Waals surface area contributed by atoms with Gasteiger partial charge in [-0.3, -0.25) is 25.3 Å². The zero-order valence-corrected chi connectivity index (χ0v) is 20.8. The van der Waals surface area contributed by atoms with E-state index in [9.17, 15) is 9.59 Å². The molecule has 1 saturated carbocycles. The molecule has 0 radical (unpaired) electrons. The van der Waals surface area contributed by atoms with Crippen LogP contribution in [0.4, 0.5) is 5.69 Å². The summed E-state index contributed by atoms with van der Waals surface area (Å²) in [6.45, 7) is 3.56. The molecule has 1 aliphatic carbocycles. The van der Waals surface area contributed by atoms with Crippen LogP contribution in [0.2, 0.25) is 0 Å². The highest BCUT2D eigenvalue weighted by Crippen LogP contribution is 2.30. The Hall–Kier alpha value is -2.19. The zero-order chi connectivity index (χ0) is 23.9. The Morgan fingerprint density at radius 1 is 1.03 bits per heavy atom. The van der Waals surface area contributed by atoms with Gasteiger partial charge < -0.3 is 10.2 Å². The molecule has 4 rings (SSSR count). The monoisotopic (exact) mass is 483 g/mol. The minimum atomic E-state index is -0.478. The van der Waals surface area contributed by atoms with Gasteiger partial charge in [0.15, 0.2) is 5.17 Å². The van der Waals surface area contributed by atoms with Crippen molar-refractivity contribution in [1.82, 2.24) is 10.2 Å². The zero-order valence-electron chi connectivity index (χ0n) is 20.0. The van der Waals surface area contributed by atoms with Crippen LogP contribution in [0.25, 0.3) is 0 Å². The van der Waals surface area contributed by atoms with Gasteiger partial charge in [0.25, 0.3) is 0 Å². The van der Waals surface area contributed by atoms with Crippen LogP contribution >= 0.6 is 11.8 Å². The smallest absolute Gasteiger partial charge is 0.231 e. The predicted octanol–water partition coefficient (Wildman–Crippen LogP) is 4.76. The van der Waals surface area contributed by atoms with Crippen molar-refractivity contribution >= 4 is 39.5 Å². The molecule has 184 valence electrons. The highest BCUT2D eigenvalue weighted by molar-refractivity contribution is 8.26. The van der Waals surface area contributed by atoms with E-state index in [1.54, 1.807) is 4.90 Å². The van der Waals surface area contributed by atoms with Gasteiger partial charge in [0, 0.05) is 25.2 Å². The Kier molecular flexibility index (Phi) is 8.78. The number of carbonyl (C=O) groups is 2. The van der Waals surface area contributed by atoms with Crippen LogP contribution in [-0.4, -0.2) is 46.6 Å². The molecule has 1 aromatic carbocycles. The molecule has 2 aliphatic heterocycles. The quantitative estimate of drug-likeness (QED) is 0.385. The normalized spacial score (nSPS) is 21.7. The maximum atomic E-state index is 12.7. The van der Waals surface area contributed by atoms with Crippen molar-refractivity contribution in [2.24, 2.45) is 11.8 Å². The lowest BCUT2D eigenvalue weighted by Gasteiger charge is -2.26. The lowest BCUT2D eigenvalue weighted by atomic mass is 10.0. The molecule has 3 fully saturated rings. The van der Waals surface area contributed by atoms with Gasteiger partial charge in [-0.1, -0.05) is 44.2 Å². The van der Waals surface area contributed by atoms with Crippen LogP contribution in [0, 0.1) is 22.7 Å². The van der Waals surface area contributed by atoms with Crippen LogP contribution in [0.15, 0.2) is 24.3 Å². The molecule has 2 heterocycles. The van der Waals surface area contributed by atoms with Gasteiger partial charge >= 0.3 is 0 Å². The van der Waals surface area contributed by atoms with Gasteiger partial charge in [-0.25, -0.2) is 0 Å². The van der Waals surface area contributed by atoms with Crippen LogP contribution in [-0.2, 0) is 16.1 Å². The number of likely N-dealkylation sites (tertiary alicyclic amines) is 1. The highest BCUT2D eigenvalue weighted by Gasteiger charge is 2.35. The van der Waals surface area contributed by atoms with E-state index in [1.807, 2.05) is 12.1 Å². The van der Waals surface area contributed by atoms with Crippen LogP contribution in [0.5, 0.6) is 0 Å². The highest BCUT2D eigenvalue weighted by atomic mass is 32.2. The van der Waals surface area contributed by atoms with Crippen molar-refractivity contribution in [1.29, 1.82) is 10.8 Å². The third kappa shape index (κ3) is 6.92. The van der Waals surface area contributed by atoms with Crippen LogP contribution in [0.3, 0.4) is 0 Å². The summed E-state index contributed by atoms with van der Waals surface area (Å²) < 4.78 is 0. The number of amidine groups is 1. The first-order valence-electron chi connectivity index (χ1n) is 12.7. The number of anilines is 1. The summed E-state index contributed by atoms with van der Waals surface area (Å²) in [5.74, 6) is -0.140. The van der Waals surface area contributed by atoms with Crippen molar-refractivity contribution in [3.63, 3.8) is 0 Å². The molecule has 3 aliphatic rings. The fourth-order valence-corrected chi connectivity index (χ4v) is 5.96. The van der Waals surface area contributed by atoms with Gasteiger partial charge in [0.2, 0.25) is 11.8 Å². The van der Waals surface area contributed by atoms with Gasteiger partial charge in [-0.2, -0.15) is 0 Å². The van der Waals surface area contributed by atoms with Crippen molar-refractivity contribution in [3.8, 4) is 0 Å². The van der Waals surface area contributed by atoms with E-state index in [1.165, 1.54) is 50.5 Å². The molecule has 3 N–H and O–H groups in total. The number of hydrogen-bond acceptors (Lipinski definition) is 6. The molecule has 0 unspecified atom stereocenters. The summed E-state index contributed by atoms with van der Waals surface area (Å²) in [6, 6.07) is 8.10. The average molecular weight is 484 g/mol. The molecule has 1 aromatic rings. The molecule has 2 amide bonds. The number of benzene rings is 1. The first kappa shape index (κ1) is 24.9. The molecule has 1 atom stereocenters. The Labute approximate surface area is 207 Å². The maximum absolute atomic E-state index is 12.7. The largest absolute Gasteiger partial charge is 0.312 e. The number of nitrogens with zero attached hydrogens (tertiary/aromatic N) is 2. The average Bonchev–Trinajstić information content (AvgIpc) is 3.49. The Morgan fingerprint density at radius 2 is 1.74 bits per heavy atom. The molecular formula is C26H37N5O2S. The summed E-state index contributed by atoms with van der Waals surface area (Å²) in [5, 5.41) is 19.2. The van der Waals surface area contributed by atoms with Gasteiger partial charge in [-0.05, 0) is 74.1 Å². The SMILES string of the molecule is N=C(CCC1CCCC1)SC(=N)NC(=O)[C@H]1CC(=O)N(c2ccc(CN3CCCCC3)cc2)C1. The maximum Gasteiger partial charge on any atom is 0.231 e. The van der Waals surface area contributed by atoms with Crippen molar-refractivity contribution in [3.05, 3.63) is 29.8 Å². The van der Waals surface area contributed by atoms with E-state index in [-0.39, 0.29) is 23.4 Å². The molecule has 34 heavy (non-hydrogen) atoms. The standard InChI is InChI=1S/C26H37N5O2S/c27-23(13-10-19-6-2-3-7-19)34-26(28)29-25(33)21-16-24(32)31(18-21)22-11-8-20(9-12-22)17-30-14-4-1-5-15-30/h8-9,11-12,19,21,27H,1-7,10,13-18H2,(H2,28,29,33)/t21-/m0/s1. The Bertz CT molecular complexity index is 891. The second kappa shape index (κ2) is 12.0. The van der Waals surface area contributed by atoms with E-state index in [0.29, 0.717) is 23.9 Å². The topological polar surface area (TPSA) is 100 Å². The first-order chi connectivity index (χ1) is 16.5. The van der Waals surface area contributed by atoms with Crippen molar-refractivity contribution in [2.45, 2.75) is 70.8 Å².